The van der Waals surface area contributed by atoms with Gasteiger partial charge < -0.3 is 5.32 Å². The first kappa shape index (κ1) is 15.2. The van der Waals surface area contributed by atoms with Gasteiger partial charge in [0.05, 0.1) is 5.54 Å². The number of amidine groups is 1. The zero-order chi connectivity index (χ0) is 10.6. The van der Waals surface area contributed by atoms with E-state index in [0.717, 1.165) is 10.3 Å². The lowest BCUT2D eigenvalue weighted by atomic mass is 10.1. The second kappa shape index (κ2) is 6.70. The fourth-order valence-corrected chi connectivity index (χ4v) is 1.96. The van der Waals surface area contributed by atoms with Crippen molar-refractivity contribution in [3.05, 3.63) is 11.6 Å². The number of hydrogen-bond donors (Lipinski definition) is 1. The van der Waals surface area contributed by atoms with Crippen LogP contribution in [0.15, 0.2) is 16.6 Å². The third kappa shape index (κ3) is 6.36. The Labute approximate surface area is 116 Å². The Balaban J connectivity index is 0.00000196. The molecule has 1 aromatic heterocycles. The van der Waals surface area contributed by atoms with Gasteiger partial charge in [0.1, 0.15) is 0 Å². The van der Waals surface area contributed by atoms with Gasteiger partial charge in [-0.1, -0.05) is 11.8 Å². The van der Waals surface area contributed by atoms with Crippen molar-refractivity contribution in [2.24, 2.45) is 4.99 Å². The zero-order valence-electron chi connectivity index (χ0n) is 9.27. The summed E-state index contributed by atoms with van der Waals surface area (Å²) in [5, 5.41) is 6.93. The average Bonchev–Trinajstić information content (AvgIpc) is 2.53. The third-order valence-corrected chi connectivity index (χ3v) is 2.55. The third-order valence-electron chi connectivity index (χ3n) is 1.28. The zero-order valence-corrected chi connectivity index (χ0v) is 13.2. The first-order chi connectivity index (χ1) is 6.51. The minimum Gasteiger partial charge on any atom is -0.311 e. The lowest BCUT2D eigenvalue weighted by Crippen LogP contribution is -2.17. The summed E-state index contributed by atoms with van der Waals surface area (Å²) in [6.07, 6.45) is 3.78. The first-order valence-electron chi connectivity index (χ1n) is 4.31. The topological polar surface area (TPSA) is 37.3 Å². The number of nitrogens with zero attached hydrogens (tertiary/aromatic N) is 2. The summed E-state index contributed by atoms with van der Waals surface area (Å²) in [6, 6.07) is 0. The van der Waals surface area contributed by atoms with Crippen LogP contribution in [0.3, 0.4) is 0 Å². The molecule has 15 heavy (non-hydrogen) atoms. The molecule has 0 fully saturated rings. The molecule has 0 aliphatic rings. The molecule has 0 spiro atoms. The minimum absolute atomic E-state index is 0. The number of aliphatic imine (C=N–C) groups is 1. The number of rotatable bonds is 1. The van der Waals surface area contributed by atoms with Crippen LogP contribution >= 0.6 is 47.1 Å². The number of anilines is 1. The highest BCUT2D eigenvalue weighted by molar-refractivity contribution is 14.0. The summed E-state index contributed by atoms with van der Waals surface area (Å²) < 4.78 is 0. The molecule has 1 heterocycles. The van der Waals surface area contributed by atoms with E-state index >= 15 is 0 Å². The summed E-state index contributed by atoms with van der Waals surface area (Å²) in [7, 11) is 0. The normalized spacial score (nSPS) is 12.1. The van der Waals surface area contributed by atoms with E-state index in [1.165, 1.54) is 0 Å². The van der Waals surface area contributed by atoms with E-state index in [9.17, 15) is 0 Å². The van der Waals surface area contributed by atoms with Crippen molar-refractivity contribution in [3.8, 4) is 0 Å². The van der Waals surface area contributed by atoms with Gasteiger partial charge in [-0.3, -0.25) is 4.99 Å². The number of thiazole rings is 1. The van der Waals surface area contributed by atoms with E-state index in [0.29, 0.717) is 0 Å². The van der Waals surface area contributed by atoms with Gasteiger partial charge in [-0.15, -0.1) is 35.3 Å². The van der Waals surface area contributed by atoms with Gasteiger partial charge in [-0.05, 0) is 27.0 Å². The molecule has 1 aromatic rings. The van der Waals surface area contributed by atoms with Crippen molar-refractivity contribution >= 4 is 57.4 Å². The summed E-state index contributed by atoms with van der Waals surface area (Å²) in [6.45, 7) is 6.23. The van der Waals surface area contributed by atoms with Crippen LogP contribution in [0.1, 0.15) is 20.8 Å². The Morgan fingerprint density at radius 2 is 2.20 bits per heavy atom. The van der Waals surface area contributed by atoms with Crippen LogP contribution in [0.25, 0.3) is 0 Å². The molecular weight excluding hydrogens is 341 g/mol. The molecule has 86 valence electrons. The fourth-order valence-electron chi connectivity index (χ4n) is 0.806. The minimum atomic E-state index is -0.0530. The largest absolute Gasteiger partial charge is 0.311 e. The molecule has 0 aliphatic heterocycles. The summed E-state index contributed by atoms with van der Waals surface area (Å²) in [4.78, 5) is 8.68. The molecule has 0 aliphatic carbocycles. The molecule has 0 aromatic carbocycles. The molecule has 0 unspecified atom stereocenters. The molecule has 0 atom stereocenters. The molecule has 0 radical (unpaired) electrons. The predicted molar refractivity (Wildman–Crippen MR) is 81.9 cm³/mol. The molecule has 1 N–H and O–H groups in total. The predicted octanol–water partition coefficient (Wildman–Crippen LogP) is 3.69. The van der Waals surface area contributed by atoms with Crippen molar-refractivity contribution in [2.45, 2.75) is 26.3 Å². The van der Waals surface area contributed by atoms with Gasteiger partial charge in [-0.2, -0.15) is 0 Å². The Kier molecular flexibility index (Phi) is 6.78. The smallest absolute Gasteiger partial charge is 0.188 e. The van der Waals surface area contributed by atoms with Crippen LogP contribution in [0, 0.1) is 0 Å². The highest BCUT2D eigenvalue weighted by atomic mass is 127. The Morgan fingerprint density at radius 1 is 1.53 bits per heavy atom. The number of thioether (sulfide) groups is 1. The number of hydrogen-bond acceptors (Lipinski definition) is 4. The molecule has 1 rings (SSSR count). The van der Waals surface area contributed by atoms with Crippen molar-refractivity contribution in [1.82, 2.24) is 4.98 Å². The fraction of sp³-hybridized carbons (Fsp3) is 0.556. The Morgan fingerprint density at radius 3 is 2.60 bits per heavy atom. The first-order valence-corrected chi connectivity index (χ1v) is 6.42. The van der Waals surface area contributed by atoms with E-state index in [1.807, 2.05) is 11.6 Å². The standard InChI is InChI=1S/C9H15N3S2.HI/c1-9(2,3)12-8(13-4)11-7-10-5-6-14-7;/h5-6H,1-4H3,(H,10,11,12);1H. The van der Waals surface area contributed by atoms with Crippen LogP contribution in [0.5, 0.6) is 0 Å². The van der Waals surface area contributed by atoms with Gasteiger partial charge in [0.2, 0.25) is 0 Å². The maximum Gasteiger partial charge on any atom is 0.188 e. The monoisotopic (exact) mass is 357 g/mol. The quantitative estimate of drug-likeness (QED) is 0.473. The Hall–Kier alpha value is 0.180. The average molecular weight is 357 g/mol. The van der Waals surface area contributed by atoms with Gasteiger partial charge in [0.25, 0.3) is 0 Å². The lowest BCUT2D eigenvalue weighted by molar-refractivity contribution is 0.585. The van der Waals surface area contributed by atoms with E-state index in [4.69, 9.17) is 0 Å². The Bertz CT molecular complexity index is 304. The van der Waals surface area contributed by atoms with Gasteiger partial charge >= 0.3 is 0 Å². The molecule has 0 saturated carbocycles. The number of halogens is 1. The molecule has 0 bridgehead atoms. The molecule has 6 heteroatoms. The number of aromatic nitrogens is 1. The molecule has 0 saturated heterocycles. The maximum absolute atomic E-state index is 4.54. The van der Waals surface area contributed by atoms with Crippen molar-refractivity contribution in [3.63, 3.8) is 0 Å². The maximum atomic E-state index is 4.54. The van der Waals surface area contributed by atoms with Crippen LogP contribution in [-0.4, -0.2) is 21.9 Å². The summed E-state index contributed by atoms with van der Waals surface area (Å²) in [5.74, 6) is 0. The van der Waals surface area contributed by atoms with E-state index in [-0.39, 0.29) is 29.5 Å². The van der Waals surface area contributed by atoms with Crippen LogP contribution < -0.4 is 5.32 Å². The van der Waals surface area contributed by atoms with E-state index in [2.05, 4.69) is 36.1 Å². The summed E-state index contributed by atoms with van der Waals surface area (Å²) in [5.41, 5.74) is -0.0530. The van der Waals surface area contributed by atoms with Gasteiger partial charge in [0.15, 0.2) is 10.3 Å². The van der Waals surface area contributed by atoms with E-state index in [1.54, 1.807) is 29.3 Å². The second-order valence-electron chi connectivity index (χ2n) is 3.75. The van der Waals surface area contributed by atoms with Gasteiger partial charge in [0, 0.05) is 11.6 Å². The van der Waals surface area contributed by atoms with Crippen LogP contribution in [0.2, 0.25) is 0 Å². The summed E-state index contributed by atoms with van der Waals surface area (Å²) >= 11 is 3.18. The second-order valence-corrected chi connectivity index (χ2v) is 5.44. The van der Waals surface area contributed by atoms with Crippen molar-refractivity contribution in [1.29, 1.82) is 0 Å². The van der Waals surface area contributed by atoms with Crippen LogP contribution in [0.4, 0.5) is 5.13 Å². The van der Waals surface area contributed by atoms with Crippen LogP contribution in [-0.2, 0) is 0 Å². The van der Waals surface area contributed by atoms with Crippen molar-refractivity contribution < 1.29 is 0 Å². The highest BCUT2D eigenvalue weighted by Gasteiger charge is 2.10. The molecule has 0 amide bonds. The van der Waals surface area contributed by atoms with Gasteiger partial charge in [-0.25, -0.2) is 4.98 Å². The SMILES string of the molecule is CSC(=NC(C)(C)C)Nc1nccs1.I. The molecular formula is C9H16IN3S2. The molecule has 3 nitrogen and oxygen atoms in total. The van der Waals surface area contributed by atoms with E-state index < -0.39 is 0 Å². The number of nitrogens with one attached hydrogen (secondary N) is 1. The van der Waals surface area contributed by atoms with Crippen molar-refractivity contribution in [2.75, 3.05) is 11.6 Å². The highest BCUT2D eigenvalue weighted by Crippen LogP contribution is 2.16. The lowest BCUT2D eigenvalue weighted by Gasteiger charge is -2.14.